The van der Waals surface area contributed by atoms with Gasteiger partial charge in [0.1, 0.15) is 11.9 Å². The first kappa shape index (κ1) is 25.1. The monoisotopic (exact) mass is 513 g/mol. The van der Waals surface area contributed by atoms with Crippen molar-refractivity contribution < 1.29 is 9.59 Å². The number of carbonyl (C=O) groups is 2. The molecule has 2 aromatic carbocycles. The van der Waals surface area contributed by atoms with E-state index in [2.05, 4.69) is 58.1 Å². The quantitative estimate of drug-likeness (QED) is 0.500. The molecule has 2 amide bonds. The van der Waals surface area contributed by atoms with Gasteiger partial charge < -0.3 is 14.8 Å². The van der Waals surface area contributed by atoms with Crippen molar-refractivity contribution in [3.63, 3.8) is 0 Å². The van der Waals surface area contributed by atoms with E-state index in [1.54, 1.807) is 11.8 Å². The fourth-order valence-corrected chi connectivity index (χ4v) is 7.28. The number of hydrogen-bond acceptors (Lipinski definition) is 4. The van der Waals surface area contributed by atoms with Crippen LogP contribution in [0.25, 0.3) is 11.0 Å². The van der Waals surface area contributed by atoms with Gasteiger partial charge >= 0.3 is 0 Å². The summed E-state index contributed by atoms with van der Waals surface area (Å²) in [4.78, 5) is 34.2. The molecule has 2 saturated heterocycles. The molecular weight excluding hydrogens is 474 g/mol. The molecule has 38 heavy (non-hydrogen) atoms. The third-order valence-electron chi connectivity index (χ3n) is 9.21. The van der Waals surface area contributed by atoms with Crippen LogP contribution >= 0.6 is 0 Å². The Hall–Kier alpha value is -3.19. The summed E-state index contributed by atoms with van der Waals surface area (Å²) in [5, 5.41) is 3.31. The maximum Gasteiger partial charge on any atom is 0.243 e. The van der Waals surface area contributed by atoms with Crippen LogP contribution in [0, 0.1) is 12.8 Å². The third kappa shape index (κ3) is 4.73. The van der Waals surface area contributed by atoms with Gasteiger partial charge in [-0.1, -0.05) is 42.5 Å². The van der Waals surface area contributed by atoms with Crippen LogP contribution in [0.2, 0.25) is 0 Å². The number of hydrogen-bond donors (Lipinski definition) is 1. The van der Waals surface area contributed by atoms with Gasteiger partial charge in [0, 0.05) is 32.1 Å². The van der Waals surface area contributed by atoms with Crippen LogP contribution in [-0.4, -0.2) is 62.9 Å². The summed E-state index contributed by atoms with van der Waals surface area (Å²) >= 11 is 0. The molecule has 3 heterocycles. The summed E-state index contributed by atoms with van der Waals surface area (Å²) in [5.41, 5.74) is 3.48. The van der Waals surface area contributed by atoms with E-state index in [9.17, 15) is 9.59 Å². The van der Waals surface area contributed by atoms with E-state index in [-0.39, 0.29) is 23.9 Å². The Morgan fingerprint density at radius 3 is 2.58 bits per heavy atom. The van der Waals surface area contributed by atoms with Crippen LogP contribution < -0.4 is 5.32 Å². The van der Waals surface area contributed by atoms with Crippen LogP contribution in [0.1, 0.15) is 68.9 Å². The Balaban J connectivity index is 1.15. The highest BCUT2D eigenvalue weighted by Gasteiger charge is 2.42. The van der Waals surface area contributed by atoms with E-state index < -0.39 is 0 Å². The first-order valence-electron chi connectivity index (χ1n) is 14.3. The van der Waals surface area contributed by atoms with E-state index in [0.29, 0.717) is 24.5 Å². The van der Waals surface area contributed by atoms with E-state index in [1.807, 2.05) is 18.2 Å². The minimum Gasteiger partial charge on any atom is -0.347 e. The molecule has 4 unspecified atom stereocenters. The third-order valence-corrected chi connectivity index (χ3v) is 9.21. The van der Waals surface area contributed by atoms with Gasteiger partial charge in [0.25, 0.3) is 0 Å². The van der Waals surface area contributed by atoms with Gasteiger partial charge in [-0.2, -0.15) is 0 Å². The topological polar surface area (TPSA) is 70.5 Å². The highest BCUT2D eigenvalue weighted by Crippen LogP contribution is 2.44. The number of piperidine rings is 1. The number of benzene rings is 2. The molecule has 200 valence electrons. The van der Waals surface area contributed by atoms with E-state index in [0.717, 1.165) is 49.3 Å². The maximum atomic E-state index is 13.1. The van der Waals surface area contributed by atoms with Crippen LogP contribution in [0.4, 0.5) is 0 Å². The number of likely N-dealkylation sites (tertiary alicyclic amines) is 2. The first-order valence-corrected chi connectivity index (χ1v) is 14.3. The Morgan fingerprint density at radius 1 is 1.03 bits per heavy atom. The summed E-state index contributed by atoms with van der Waals surface area (Å²) in [6, 6.07) is 19.5. The molecule has 1 N–H and O–H groups in total. The van der Waals surface area contributed by atoms with Crippen molar-refractivity contribution in [1.82, 2.24) is 24.7 Å². The van der Waals surface area contributed by atoms with Crippen LogP contribution in [0.15, 0.2) is 54.6 Å². The maximum absolute atomic E-state index is 13.1. The minimum absolute atomic E-state index is 0.0243. The number of nitrogens with zero attached hydrogens (tertiary/aromatic N) is 4. The largest absolute Gasteiger partial charge is 0.347 e. The van der Waals surface area contributed by atoms with Gasteiger partial charge in [-0.25, -0.2) is 4.98 Å². The van der Waals surface area contributed by atoms with E-state index >= 15 is 0 Å². The zero-order valence-corrected chi connectivity index (χ0v) is 22.6. The fraction of sp³-hybridized carbons (Fsp3) is 0.516. The molecule has 3 aliphatic rings. The Morgan fingerprint density at radius 2 is 1.82 bits per heavy atom. The van der Waals surface area contributed by atoms with Crippen molar-refractivity contribution in [2.75, 3.05) is 19.6 Å². The molecule has 2 aliphatic heterocycles. The standard InChI is InChI=1S/C31H39N5O2/c1-21-32-27-12-6-7-13-28(27)36(21)25-19-24-11-8-16-34(30(24)20-25)17-14-26(23-9-4-3-5-10-23)33-31(38)29-15-18-35(29)22(2)37/h3-7,9-10,12-13,24-26,29-30H,8,11,14-20H2,1-2H3,(H,33,38)/t24?,25?,26-,29?,30?/m0/s1. The van der Waals surface area contributed by atoms with Crippen molar-refractivity contribution in [3.05, 3.63) is 66.0 Å². The van der Waals surface area contributed by atoms with Crippen LogP contribution in [-0.2, 0) is 9.59 Å². The SMILES string of the molecule is CC(=O)N1CCC1C(=O)N[C@@H](CCN1CCCC2CC(n3c(C)nc4ccccc43)CC21)c1ccccc1. The van der Waals surface area contributed by atoms with E-state index in [1.165, 1.54) is 24.8 Å². The first-order chi connectivity index (χ1) is 18.5. The lowest BCUT2D eigenvalue weighted by Gasteiger charge is -2.40. The molecule has 3 fully saturated rings. The van der Waals surface area contributed by atoms with E-state index in [4.69, 9.17) is 4.98 Å². The predicted octanol–water partition coefficient (Wildman–Crippen LogP) is 4.63. The summed E-state index contributed by atoms with van der Waals surface area (Å²) in [6.45, 7) is 6.44. The highest BCUT2D eigenvalue weighted by molar-refractivity contribution is 5.88. The molecule has 7 nitrogen and oxygen atoms in total. The molecule has 3 aromatic rings. The zero-order valence-electron chi connectivity index (χ0n) is 22.6. The average Bonchev–Trinajstić information content (AvgIpc) is 3.46. The number of imidazole rings is 1. The fourth-order valence-electron chi connectivity index (χ4n) is 7.28. The lowest BCUT2D eigenvalue weighted by molar-refractivity contribution is -0.146. The molecule has 7 heteroatoms. The molecule has 0 spiro atoms. The number of aryl methyl sites for hydroxylation is 1. The van der Waals surface area contributed by atoms with Crippen molar-refractivity contribution in [1.29, 1.82) is 0 Å². The second-order valence-corrected chi connectivity index (χ2v) is 11.4. The lowest BCUT2D eigenvalue weighted by atomic mass is 9.91. The summed E-state index contributed by atoms with van der Waals surface area (Å²) in [6.07, 6.45) is 6.50. The van der Waals surface area contributed by atoms with Gasteiger partial charge in [0.05, 0.1) is 17.1 Å². The Kier molecular flexibility index (Phi) is 6.95. The second-order valence-electron chi connectivity index (χ2n) is 11.4. The number of rotatable bonds is 7. The van der Waals surface area contributed by atoms with Crippen molar-refractivity contribution in [3.8, 4) is 0 Å². The number of carbonyl (C=O) groups excluding carboxylic acids is 2. The average molecular weight is 514 g/mol. The molecule has 1 aliphatic carbocycles. The summed E-state index contributed by atoms with van der Waals surface area (Å²) in [5.74, 6) is 1.77. The Labute approximate surface area is 225 Å². The van der Waals surface area contributed by atoms with Crippen molar-refractivity contribution in [2.45, 2.75) is 76.5 Å². The van der Waals surface area contributed by atoms with Gasteiger partial charge in [-0.05, 0) is 75.6 Å². The predicted molar refractivity (Wildman–Crippen MR) is 149 cm³/mol. The molecule has 0 radical (unpaired) electrons. The van der Waals surface area contributed by atoms with Gasteiger partial charge in [-0.15, -0.1) is 0 Å². The Bertz CT molecular complexity index is 1300. The molecule has 1 aromatic heterocycles. The van der Waals surface area contributed by atoms with Crippen LogP contribution in [0.5, 0.6) is 0 Å². The summed E-state index contributed by atoms with van der Waals surface area (Å²) < 4.78 is 2.48. The number of para-hydroxylation sites is 2. The zero-order chi connectivity index (χ0) is 26.2. The lowest BCUT2D eigenvalue weighted by Crippen LogP contribution is -2.58. The van der Waals surface area contributed by atoms with Gasteiger partial charge in [0.2, 0.25) is 11.8 Å². The molecular formula is C31H39N5O2. The normalized spacial score (nSPS) is 26.1. The smallest absolute Gasteiger partial charge is 0.243 e. The van der Waals surface area contributed by atoms with Gasteiger partial charge in [-0.3, -0.25) is 14.5 Å². The number of fused-ring (bicyclic) bond motifs is 2. The molecule has 6 rings (SSSR count). The number of nitrogens with one attached hydrogen (secondary N) is 1. The molecule has 1 saturated carbocycles. The second kappa shape index (κ2) is 10.5. The van der Waals surface area contributed by atoms with Gasteiger partial charge in [0.15, 0.2) is 0 Å². The highest BCUT2D eigenvalue weighted by atomic mass is 16.2. The minimum atomic E-state index is -0.332. The van der Waals surface area contributed by atoms with Crippen LogP contribution in [0.3, 0.4) is 0 Å². The van der Waals surface area contributed by atoms with Crippen molar-refractivity contribution in [2.24, 2.45) is 5.92 Å². The van der Waals surface area contributed by atoms with Crippen molar-refractivity contribution >= 4 is 22.8 Å². The number of amides is 2. The molecule has 0 bridgehead atoms. The summed E-state index contributed by atoms with van der Waals surface area (Å²) in [7, 11) is 0. The number of aromatic nitrogens is 2. The molecule has 5 atom stereocenters.